The zero-order valence-corrected chi connectivity index (χ0v) is 12.3. The minimum atomic E-state index is -0.833. The van der Waals surface area contributed by atoms with Crippen LogP contribution in [0.3, 0.4) is 0 Å². The Labute approximate surface area is 123 Å². The van der Waals surface area contributed by atoms with E-state index < -0.39 is 5.97 Å². The molecule has 0 aliphatic heterocycles. The molecule has 0 aliphatic carbocycles. The zero-order valence-electron chi connectivity index (χ0n) is 11.3. The molecule has 0 aromatic carbocycles. The van der Waals surface area contributed by atoms with Crippen molar-refractivity contribution in [3.05, 3.63) is 10.4 Å². The second kappa shape index (κ2) is 17.6. The van der Waals surface area contributed by atoms with Crippen molar-refractivity contribution in [3.63, 3.8) is 0 Å². The maximum absolute atomic E-state index is 10.3. The van der Waals surface area contributed by atoms with Gasteiger partial charge in [-0.1, -0.05) is 5.11 Å². The number of carbonyl (C=O) groups is 2. The minimum absolute atomic E-state index is 0. The van der Waals surface area contributed by atoms with Crippen molar-refractivity contribution in [2.45, 2.75) is 13.8 Å². The van der Waals surface area contributed by atoms with Crippen molar-refractivity contribution in [1.82, 2.24) is 5.32 Å². The van der Waals surface area contributed by atoms with Gasteiger partial charge in [-0.15, -0.1) is 0 Å². The predicted octanol–water partition coefficient (Wildman–Crippen LogP) is -2.34. The smallest absolute Gasteiger partial charge is 1.00 e. The molecule has 0 radical (unpaired) electrons. The summed E-state index contributed by atoms with van der Waals surface area (Å²) in [5.74, 6) is -0.909. The van der Waals surface area contributed by atoms with E-state index in [4.69, 9.17) is 20.2 Å². The molecule has 0 atom stereocenters. The first-order valence-corrected chi connectivity index (χ1v) is 4.53. The zero-order chi connectivity index (χ0) is 12.8. The van der Waals surface area contributed by atoms with Gasteiger partial charge in [0.05, 0.1) is 13.2 Å². The summed E-state index contributed by atoms with van der Waals surface area (Å²) < 4.78 is 5.01. The summed E-state index contributed by atoms with van der Waals surface area (Å²) in [7, 11) is 0. The van der Waals surface area contributed by atoms with Gasteiger partial charge in [-0.2, -0.15) is 0 Å². The van der Waals surface area contributed by atoms with Gasteiger partial charge >= 0.3 is 29.6 Å². The van der Waals surface area contributed by atoms with Crippen molar-refractivity contribution in [1.29, 1.82) is 0 Å². The largest absolute Gasteiger partial charge is 1.00 e. The quantitative estimate of drug-likeness (QED) is 0.181. The van der Waals surface area contributed by atoms with Crippen LogP contribution in [-0.2, 0) is 14.3 Å². The number of azide groups is 1. The number of nitrogens with one attached hydrogen (secondary N) is 1. The molecule has 2 N–H and O–H groups in total. The van der Waals surface area contributed by atoms with Gasteiger partial charge < -0.3 is 16.6 Å². The molecule has 8 nitrogen and oxygen atoms in total. The third-order valence-corrected chi connectivity index (χ3v) is 1.02. The number of rotatable bonds is 6. The van der Waals surface area contributed by atoms with E-state index in [9.17, 15) is 4.79 Å². The van der Waals surface area contributed by atoms with Crippen LogP contribution in [0.4, 0.5) is 0 Å². The number of aliphatic carboxylic acids is 1. The van der Waals surface area contributed by atoms with Crippen LogP contribution in [0.2, 0.25) is 0 Å². The molecule has 0 bridgehead atoms. The molecule has 17 heavy (non-hydrogen) atoms. The van der Waals surface area contributed by atoms with Crippen LogP contribution < -0.4 is 34.9 Å². The number of hydrogen-bond donors (Lipinski definition) is 2. The number of ether oxygens (including phenoxy) is 1. The van der Waals surface area contributed by atoms with E-state index in [1.54, 1.807) is 0 Å². The van der Waals surface area contributed by atoms with Crippen LogP contribution in [0.5, 0.6) is 0 Å². The summed E-state index contributed by atoms with van der Waals surface area (Å²) >= 11 is 0. The van der Waals surface area contributed by atoms with E-state index in [0.717, 1.165) is 6.92 Å². The average molecular weight is 256 g/mol. The molecule has 1 amide bonds. The third kappa shape index (κ3) is 39.4. The summed E-state index contributed by atoms with van der Waals surface area (Å²) in [6, 6.07) is 0. The van der Waals surface area contributed by atoms with Crippen LogP contribution in [0.15, 0.2) is 5.11 Å². The first kappa shape index (κ1) is 21.5. The SMILES string of the molecule is CC(=O)NCCOCCN=[N+]=[N-].CC(=O)O.[H-].[Na+]. The van der Waals surface area contributed by atoms with Crippen molar-refractivity contribution in [3.8, 4) is 0 Å². The van der Waals surface area contributed by atoms with Gasteiger partial charge in [-0.3, -0.25) is 9.59 Å². The van der Waals surface area contributed by atoms with Gasteiger partial charge in [0.15, 0.2) is 0 Å². The third-order valence-electron chi connectivity index (χ3n) is 1.02. The van der Waals surface area contributed by atoms with Crippen LogP contribution in [0.25, 0.3) is 10.4 Å². The van der Waals surface area contributed by atoms with E-state index in [1.807, 2.05) is 0 Å². The van der Waals surface area contributed by atoms with Gasteiger partial charge in [0.2, 0.25) is 5.91 Å². The predicted molar refractivity (Wildman–Crippen MR) is 57.9 cm³/mol. The van der Waals surface area contributed by atoms with Crippen LogP contribution in [0.1, 0.15) is 15.3 Å². The van der Waals surface area contributed by atoms with Gasteiger partial charge in [-0.25, -0.2) is 0 Å². The fraction of sp³-hybridized carbons (Fsp3) is 0.750. The number of carboxylic acid groups (broad SMARTS) is 1. The number of carboxylic acids is 1. The standard InChI is InChI=1S/C6H12N4O2.C2H4O2.Na.H/c1-6(11)8-2-4-12-5-3-9-10-7;1-2(3)4;;/h2-5H2,1H3,(H,8,11);1H3,(H,3,4);;/q;;+1;-1. The summed E-state index contributed by atoms with van der Waals surface area (Å²) in [5.41, 5.74) is 7.89. The second-order valence-corrected chi connectivity index (χ2v) is 2.57. The molecule has 94 valence electrons. The van der Waals surface area contributed by atoms with Crippen LogP contribution in [-0.4, -0.2) is 43.3 Å². The van der Waals surface area contributed by atoms with E-state index in [2.05, 4.69) is 15.3 Å². The Kier molecular flexibility index (Phi) is 22.2. The van der Waals surface area contributed by atoms with Gasteiger partial charge in [0.1, 0.15) is 0 Å². The minimum Gasteiger partial charge on any atom is -1.00 e. The Bertz CT molecular complexity index is 251. The van der Waals surface area contributed by atoms with E-state index in [1.165, 1.54) is 6.92 Å². The summed E-state index contributed by atoms with van der Waals surface area (Å²) in [6.07, 6.45) is 0. The Morgan fingerprint density at radius 2 is 2.00 bits per heavy atom. The fourth-order valence-corrected chi connectivity index (χ4v) is 0.551. The molecule has 0 spiro atoms. The summed E-state index contributed by atoms with van der Waals surface area (Å²) in [5, 5.41) is 13.3. The van der Waals surface area contributed by atoms with E-state index in [0.29, 0.717) is 26.3 Å². The Morgan fingerprint density at radius 1 is 1.47 bits per heavy atom. The summed E-state index contributed by atoms with van der Waals surface area (Å²) in [6.45, 7) is 4.19. The van der Waals surface area contributed by atoms with Gasteiger partial charge in [0.25, 0.3) is 5.97 Å². The van der Waals surface area contributed by atoms with Crippen molar-refractivity contribution in [2.24, 2.45) is 5.11 Å². The van der Waals surface area contributed by atoms with Crippen molar-refractivity contribution in [2.75, 3.05) is 26.3 Å². The maximum Gasteiger partial charge on any atom is 1.00 e. The molecule has 0 unspecified atom stereocenters. The fourth-order valence-electron chi connectivity index (χ4n) is 0.551. The van der Waals surface area contributed by atoms with E-state index in [-0.39, 0.29) is 36.9 Å². The Morgan fingerprint density at radius 3 is 2.41 bits per heavy atom. The molecule has 0 aliphatic rings. The molecular formula is C8H17N4NaO4. The number of hydrogen-bond acceptors (Lipinski definition) is 4. The second-order valence-electron chi connectivity index (χ2n) is 2.57. The molecule has 0 aromatic rings. The number of carbonyl (C=O) groups excluding carboxylic acids is 1. The first-order valence-electron chi connectivity index (χ1n) is 4.53. The molecule has 9 heteroatoms. The molecule has 0 rings (SSSR count). The Hall–Kier alpha value is -0.790. The molecule has 0 heterocycles. The maximum atomic E-state index is 10.3. The van der Waals surface area contributed by atoms with Crippen LogP contribution in [0, 0.1) is 0 Å². The van der Waals surface area contributed by atoms with Crippen molar-refractivity contribution < 1.29 is 50.4 Å². The molecule has 0 saturated heterocycles. The molecular weight excluding hydrogens is 239 g/mol. The molecule has 0 fully saturated rings. The Balaban J connectivity index is -0.000000143. The molecule has 0 aromatic heterocycles. The number of nitrogens with zero attached hydrogens (tertiary/aromatic N) is 3. The van der Waals surface area contributed by atoms with E-state index >= 15 is 0 Å². The first-order chi connectivity index (χ1) is 7.50. The monoisotopic (exact) mass is 256 g/mol. The van der Waals surface area contributed by atoms with Crippen LogP contribution >= 0.6 is 0 Å². The topological polar surface area (TPSA) is 124 Å². The number of amides is 1. The van der Waals surface area contributed by atoms with Gasteiger partial charge in [-0.05, 0) is 5.53 Å². The normalized spacial score (nSPS) is 7.65. The van der Waals surface area contributed by atoms with Gasteiger partial charge in [0, 0.05) is 31.8 Å². The van der Waals surface area contributed by atoms with Crippen molar-refractivity contribution >= 4 is 11.9 Å². The summed E-state index contributed by atoms with van der Waals surface area (Å²) in [4.78, 5) is 21.9. The average Bonchev–Trinajstić information content (AvgIpc) is 2.15. The molecule has 0 saturated carbocycles.